The molecule has 2 aromatic carbocycles. The number of rotatable bonds is 5. The number of hydrogen-bond donors (Lipinski definition) is 0. The number of hydrogen-bond acceptors (Lipinski definition) is 4. The molecule has 6 nitrogen and oxygen atoms in total. The molecular formula is C23H28ClN3O3S. The van der Waals surface area contributed by atoms with Crippen LogP contribution in [0.4, 0.5) is 5.69 Å². The zero-order valence-corrected chi connectivity index (χ0v) is 19.1. The van der Waals surface area contributed by atoms with Crippen LogP contribution in [0.25, 0.3) is 0 Å². The van der Waals surface area contributed by atoms with E-state index in [2.05, 4.69) is 4.90 Å². The average molecular weight is 462 g/mol. The Bertz CT molecular complexity index is 1010. The normalized spacial score (nSPS) is 18.2. The number of benzene rings is 2. The molecule has 166 valence electrons. The van der Waals surface area contributed by atoms with Gasteiger partial charge in [0.05, 0.1) is 5.75 Å². The summed E-state index contributed by atoms with van der Waals surface area (Å²) in [6.07, 6.45) is 2.95. The third kappa shape index (κ3) is 5.40. The topological polar surface area (TPSA) is 60.9 Å². The van der Waals surface area contributed by atoms with Gasteiger partial charge in [-0.05, 0) is 48.7 Å². The van der Waals surface area contributed by atoms with Gasteiger partial charge in [0, 0.05) is 55.5 Å². The Hall–Kier alpha value is -2.09. The molecule has 2 fully saturated rings. The zero-order valence-electron chi connectivity index (χ0n) is 17.5. The number of carbonyl (C=O) groups is 1. The fraction of sp³-hybridized carbons (Fsp3) is 0.435. The summed E-state index contributed by atoms with van der Waals surface area (Å²) >= 11 is 6.09. The zero-order chi connectivity index (χ0) is 21.8. The van der Waals surface area contributed by atoms with Gasteiger partial charge in [0.15, 0.2) is 0 Å². The molecule has 0 spiro atoms. The first-order valence-corrected chi connectivity index (χ1v) is 12.8. The molecule has 0 atom stereocenters. The number of amides is 1. The quantitative estimate of drug-likeness (QED) is 0.682. The summed E-state index contributed by atoms with van der Waals surface area (Å²) < 4.78 is 26.8. The van der Waals surface area contributed by atoms with E-state index in [1.807, 2.05) is 29.2 Å². The second-order valence-electron chi connectivity index (χ2n) is 8.17. The van der Waals surface area contributed by atoms with Gasteiger partial charge in [0.2, 0.25) is 10.0 Å². The van der Waals surface area contributed by atoms with Gasteiger partial charge in [-0.25, -0.2) is 12.7 Å². The smallest absolute Gasteiger partial charge is 0.253 e. The molecule has 0 saturated carbocycles. The van der Waals surface area contributed by atoms with E-state index < -0.39 is 10.0 Å². The maximum absolute atomic E-state index is 12.9. The van der Waals surface area contributed by atoms with Gasteiger partial charge in [-0.2, -0.15) is 0 Å². The third-order valence-corrected chi connectivity index (χ3v) is 8.08. The first-order chi connectivity index (χ1) is 14.9. The summed E-state index contributed by atoms with van der Waals surface area (Å²) in [5, 5.41) is 0.707. The second-order valence-corrected chi connectivity index (χ2v) is 10.6. The van der Waals surface area contributed by atoms with Gasteiger partial charge in [-0.15, -0.1) is 0 Å². The van der Waals surface area contributed by atoms with Crippen molar-refractivity contribution in [2.24, 2.45) is 0 Å². The van der Waals surface area contributed by atoms with Crippen LogP contribution >= 0.6 is 11.6 Å². The Kier molecular flexibility index (Phi) is 6.84. The van der Waals surface area contributed by atoms with Crippen LogP contribution in [-0.2, 0) is 15.8 Å². The van der Waals surface area contributed by atoms with Crippen molar-refractivity contribution in [2.75, 3.05) is 44.2 Å². The number of nitrogens with zero attached hydrogens (tertiary/aromatic N) is 3. The third-order valence-electron chi connectivity index (χ3n) is 6.00. The number of carbonyl (C=O) groups excluding carboxylic acids is 1. The van der Waals surface area contributed by atoms with Crippen LogP contribution in [0, 0.1) is 0 Å². The highest BCUT2D eigenvalue weighted by molar-refractivity contribution is 7.88. The predicted octanol–water partition coefficient (Wildman–Crippen LogP) is 3.62. The first-order valence-electron chi connectivity index (χ1n) is 10.8. The predicted molar refractivity (Wildman–Crippen MR) is 124 cm³/mol. The molecule has 2 aliphatic rings. The van der Waals surface area contributed by atoms with E-state index >= 15 is 0 Å². The average Bonchev–Trinajstić information content (AvgIpc) is 2.80. The summed E-state index contributed by atoms with van der Waals surface area (Å²) in [5.74, 6) is -0.0315. The molecular weight excluding hydrogens is 434 g/mol. The molecule has 1 amide bonds. The van der Waals surface area contributed by atoms with Crippen molar-refractivity contribution in [3.8, 4) is 0 Å². The largest absolute Gasteiger partial charge is 0.368 e. The van der Waals surface area contributed by atoms with E-state index in [0.717, 1.165) is 38.0 Å². The summed E-state index contributed by atoms with van der Waals surface area (Å²) in [5.41, 5.74) is 2.38. The van der Waals surface area contributed by atoms with Gasteiger partial charge in [0.1, 0.15) is 0 Å². The van der Waals surface area contributed by atoms with Gasteiger partial charge in [-0.3, -0.25) is 4.79 Å². The van der Waals surface area contributed by atoms with Crippen molar-refractivity contribution in [2.45, 2.75) is 25.0 Å². The van der Waals surface area contributed by atoms with E-state index in [1.54, 1.807) is 28.6 Å². The minimum absolute atomic E-state index is 0.0141. The SMILES string of the molecule is O=C(c1ccc(CS(=O)(=O)N2CCCCC2)cc1)N1CCN(c2cccc(Cl)c2)CC1. The van der Waals surface area contributed by atoms with E-state index in [4.69, 9.17) is 11.6 Å². The molecule has 4 rings (SSSR count). The second kappa shape index (κ2) is 9.59. The first kappa shape index (κ1) is 22.1. The fourth-order valence-corrected chi connectivity index (χ4v) is 6.01. The van der Waals surface area contributed by atoms with Crippen molar-refractivity contribution >= 4 is 33.2 Å². The summed E-state index contributed by atoms with van der Waals surface area (Å²) in [4.78, 5) is 17.0. The number of sulfonamides is 1. The van der Waals surface area contributed by atoms with Crippen LogP contribution in [0.15, 0.2) is 48.5 Å². The highest BCUT2D eigenvalue weighted by atomic mass is 35.5. The molecule has 2 aromatic rings. The Morgan fingerprint density at radius 2 is 1.55 bits per heavy atom. The lowest BCUT2D eigenvalue weighted by Gasteiger charge is -2.36. The molecule has 2 saturated heterocycles. The molecule has 31 heavy (non-hydrogen) atoms. The Morgan fingerprint density at radius 3 is 2.19 bits per heavy atom. The van der Waals surface area contributed by atoms with Crippen molar-refractivity contribution in [3.05, 3.63) is 64.7 Å². The minimum atomic E-state index is -3.30. The van der Waals surface area contributed by atoms with Crippen molar-refractivity contribution in [3.63, 3.8) is 0 Å². The molecule has 8 heteroatoms. The molecule has 0 radical (unpaired) electrons. The van der Waals surface area contributed by atoms with Crippen molar-refractivity contribution < 1.29 is 13.2 Å². The van der Waals surface area contributed by atoms with Crippen molar-refractivity contribution in [1.29, 1.82) is 0 Å². The summed E-state index contributed by atoms with van der Waals surface area (Å²) in [6.45, 7) is 3.99. The van der Waals surface area contributed by atoms with Crippen LogP contribution < -0.4 is 4.90 Å². The lowest BCUT2D eigenvalue weighted by Crippen LogP contribution is -2.48. The summed E-state index contributed by atoms with van der Waals surface area (Å²) in [7, 11) is -3.30. The number of piperazine rings is 1. The Balaban J connectivity index is 1.34. The molecule has 0 bridgehead atoms. The molecule has 2 aliphatic heterocycles. The maximum atomic E-state index is 12.9. The highest BCUT2D eigenvalue weighted by Gasteiger charge is 2.25. The van der Waals surface area contributed by atoms with Crippen LogP contribution in [0.5, 0.6) is 0 Å². The van der Waals surface area contributed by atoms with Gasteiger partial charge in [-0.1, -0.05) is 36.2 Å². The molecule has 0 aromatic heterocycles. The molecule has 0 N–H and O–H groups in total. The van der Waals surface area contributed by atoms with E-state index in [1.165, 1.54) is 0 Å². The Morgan fingerprint density at radius 1 is 0.871 bits per heavy atom. The standard InChI is InChI=1S/C23H28ClN3O3S/c24-21-5-4-6-22(17-21)25-13-15-26(16-14-25)23(28)20-9-7-19(8-10-20)18-31(29,30)27-11-2-1-3-12-27/h4-10,17H,1-3,11-16,18H2. The van der Waals surface area contributed by atoms with Crippen LogP contribution in [0.1, 0.15) is 35.2 Å². The number of anilines is 1. The Labute approximate surface area is 189 Å². The summed E-state index contributed by atoms with van der Waals surface area (Å²) in [6, 6.07) is 14.8. The van der Waals surface area contributed by atoms with Crippen molar-refractivity contribution in [1.82, 2.24) is 9.21 Å². The molecule has 0 aliphatic carbocycles. The lowest BCUT2D eigenvalue weighted by molar-refractivity contribution is 0.0747. The van der Waals surface area contributed by atoms with Gasteiger partial charge < -0.3 is 9.80 Å². The van der Waals surface area contributed by atoms with E-state index in [9.17, 15) is 13.2 Å². The molecule has 2 heterocycles. The van der Waals surface area contributed by atoms with E-state index in [-0.39, 0.29) is 11.7 Å². The minimum Gasteiger partial charge on any atom is -0.368 e. The molecule has 0 unspecified atom stereocenters. The number of piperidine rings is 1. The van der Waals surface area contributed by atoms with E-state index in [0.29, 0.717) is 42.3 Å². The van der Waals surface area contributed by atoms with Gasteiger partial charge >= 0.3 is 0 Å². The van der Waals surface area contributed by atoms with Gasteiger partial charge in [0.25, 0.3) is 5.91 Å². The fourth-order valence-electron chi connectivity index (χ4n) is 4.21. The highest BCUT2D eigenvalue weighted by Crippen LogP contribution is 2.22. The monoisotopic (exact) mass is 461 g/mol. The van der Waals surface area contributed by atoms with Crippen LogP contribution in [-0.4, -0.2) is 62.8 Å². The van der Waals surface area contributed by atoms with Crippen LogP contribution in [0.3, 0.4) is 0 Å². The maximum Gasteiger partial charge on any atom is 0.253 e. The number of halogens is 1. The van der Waals surface area contributed by atoms with Crippen LogP contribution in [0.2, 0.25) is 5.02 Å². The lowest BCUT2D eigenvalue weighted by atomic mass is 10.1.